The maximum Gasteiger partial charge on any atom is 0.306 e. The summed E-state index contributed by atoms with van der Waals surface area (Å²) in [6, 6.07) is -0.883. The van der Waals surface area contributed by atoms with Gasteiger partial charge in [0.2, 0.25) is 5.91 Å². The highest BCUT2D eigenvalue weighted by atomic mass is 31.2. The Labute approximate surface area is 403 Å². The largest absolute Gasteiger partial charge is 0.756 e. The second-order valence-electron chi connectivity index (χ2n) is 20.1. The summed E-state index contributed by atoms with van der Waals surface area (Å²) in [5.41, 5.74) is 0. The van der Waals surface area contributed by atoms with Crippen molar-refractivity contribution in [2.45, 2.75) is 277 Å². The summed E-state index contributed by atoms with van der Waals surface area (Å²) >= 11 is 0. The van der Waals surface area contributed by atoms with Gasteiger partial charge >= 0.3 is 5.97 Å². The maximum atomic E-state index is 13.4. The number of quaternary nitrogens is 1. The third-order valence-electron chi connectivity index (χ3n) is 12.4. The average molecular weight is 939 g/mol. The van der Waals surface area contributed by atoms with Crippen LogP contribution in [0.25, 0.3) is 0 Å². The van der Waals surface area contributed by atoms with E-state index in [2.05, 4.69) is 38.2 Å². The number of ether oxygens (including phenoxy) is 1. The standard InChI is InChI=1S/C55H107N2O7P/c1-7-10-13-16-19-22-25-27-28-29-30-33-35-38-41-44-47-54(58)56-52(51-63-65(60,61)62-50-49-57(4,5)6)53(46-43-40-37-34-32-26-23-20-17-14-11-8-2)64-55(59)48-45-42-39-36-31-24-21-18-15-12-9-3/h18,21,43,46,52-53H,7-17,19-20,22-42,44-45,47-51H2,1-6H3,(H-,56,58,60,61)/b21-18-,46-43+. The number of phosphoric ester groups is 1. The van der Waals surface area contributed by atoms with E-state index in [9.17, 15) is 19.0 Å². The van der Waals surface area contributed by atoms with Gasteiger partial charge in [0.05, 0.1) is 33.8 Å². The molecule has 0 aliphatic rings. The Morgan fingerprint density at radius 2 is 0.908 bits per heavy atom. The number of carbonyl (C=O) groups is 2. The molecule has 384 valence electrons. The monoisotopic (exact) mass is 939 g/mol. The van der Waals surface area contributed by atoms with Crippen LogP contribution in [0.2, 0.25) is 0 Å². The summed E-state index contributed by atoms with van der Waals surface area (Å²) in [7, 11) is 1.19. The van der Waals surface area contributed by atoms with Crippen molar-refractivity contribution in [3.63, 3.8) is 0 Å². The molecule has 0 radical (unpaired) electrons. The van der Waals surface area contributed by atoms with Gasteiger partial charge in [-0.25, -0.2) is 0 Å². The van der Waals surface area contributed by atoms with E-state index in [0.29, 0.717) is 17.4 Å². The van der Waals surface area contributed by atoms with Crippen LogP contribution in [0, 0.1) is 0 Å². The van der Waals surface area contributed by atoms with E-state index in [1.165, 1.54) is 148 Å². The number of rotatable bonds is 50. The topological polar surface area (TPSA) is 114 Å². The van der Waals surface area contributed by atoms with Crippen LogP contribution in [0.1, 0.15) is 265 Å². The molecular weight excluding hydrogens is 832 g/mol. The number of likely N-dealkylation sites (N-methyl/N-ethyl adjacent to an activating group) is 1. The molecule has 0 heterocycles. The van der Waals surface area contributed by atoms with Crippen LogP contribution < -0.4 is 10.2 Å². The normalized spacial score (nSPS) is 14.0. The molecule has 1 amide bonds. The van der Waals surface area contributed by atoms with E-state index in [1.54, 1.807) is 0 Å². The highest BCUT2D eigenvalue weighted by molar-refractivity contribution is 7.45. The molecule has 0 aliphatic carbocycles. The molecule has 0 aromatic carbocycles. The van der Waals surface area contributed by atoms with Gasteiger partial charge in [0.25, 0.3) is 7.82 Å². The molecule has 0 bridgehead atoms. The second-order valence-corrected chi connectivity index (χ2v) is 21.5. The molecule has 65 heavy (non-hydrogen) atoms. The average Bonchev–Trinajstić information content (AvgIpc) is 3.26. The lowest BCUT2D eigenvalue weighted by molar-refractivity contribution is -0.870. The van der Waals surface area contributed by atoms with Crippen molar-refractivity contribution < 1.29 is 37.3 Å². The lowest BCUT2D eigenvalue weighted by atomic mass is 10.0. The number of nitrogens with zero attached hydrogens (tertiary/aromatic N) is 1. The van der Waals surface area contributed by atoms with Gasteiger partial charge in [-0.15, -0.1) is 0 Å². The Morgan fingerprint density at radius 1 is 0.523 bits per heavy atom. The van der Waals surface area contributed by atoms with E-state index in [4.69, 9.17) is 13.8 Å². The molecule has 0 fully saturated rings. The number of hydrogen-bond donors (Lipinski definition) is 1. The van der Waals surface area contributed by atoms with Crippen molar-refractivity contribution in [3.05, 3.63) is 24.3 Å². The molecule has 0 rings (SSSR count). The summed E-state index contributed by atoms with van der Waals surface area (Å²) in [5.74, 6) is -0.543. The number of carbonyl (C=O) groups excluding carboxylic acids is 2. The Bertz CT molecular complexity index is 1170. The highest BCUT2D eigenvalue weighted by Gasteiger charge is 2.27. The van der Waals surface area contributed by atoms with Crippen molar-refractivity contribution in [1.82, 2.24) is 5.32 Å². The Kier molecular flexibility index (Phi) is 45.2. The quantitative estimate of drug-likeness (QED) is 0.0212. The molecule has 0 aromatic heterocycles. The van der Waals surface area contributed by atoms with Crippen molar-refractivity contribution in [3.8, 4) is 0 Å². The molecule has 3 atom stereocenters. The van der Waals surface area contributed by atoms with Crippen LogP contribution in [0.4, 0.5) is 0 Å². The van der Waals surface area contributed by atoms with Crippen LogP contribution in [0.5, 0.6) is 0 Å². The molecule has 1 N–H and O–H groups in total. The first kappa shape index (κ1) is 63.5. The number of nitrogens with one attached hydrogen (secondary N) is 1. The van der Waals surface area contributed by atoms with Gasteiger partial charge in [-0.2, -0.15) is 0 Å². The SMILES string of the molecule is CCCC/C=C\CCCCCCCC(=O)OC(/C=C/CCCCCCCCCCCC)C(COP(=O)([O-])OCC[N+](C)(C)C)NC(=O)CCCCCCCCCCCCCCCCCC. The van der Waals surface area contributed by atoms with Gasteiger partial charge in [-0.1, -0.05) is 225 Å². The van der Waals surface area contributed by atoms with Crippen molar-refractivity contribution in [1.29, 1.82) is 0 Å². The lowest BCUT2D eigenvalue weighted by Gasteiger charge is -2.30. The number of amides is 1. The number of hydrogen-bond acceptors (Lipinski definition) is 7. The fourth-order valence-corrected chi connectivity index (χ4v) is 8.76. The zero-order valence-electron chi connectivity index (χ0n) is 43.7. The predicted molar refractivity (Wildman–Crippen MR) is 275 cm³/mol. The minimum Gasteiger partial charge on any atom is -0.756 e. The van der Waals surface area contributed by atoms with E-state index in [1.807, 2.05) is 33.3 Å². The van der Waals surface area contributed by atoms with Crippen molar-refractivity contribution >= 4 is 19.7 Å². The van der Waals surface area contributed by atoms with Crippen molar-refractivity contribution in [2.24, 2.45) is 0 Å². The van der Waals surface area contributed by atoms with Crippen LogP contribution in [-0.2, 0) is 27.9 Å². The Hall–Kier alpha value is -1.51. The van der Waals surface area contributed by atoms with Gasteiger partial charge < -0.3 is 28.5 Å². The number of esters is 1. The lowest BCUT2D eigenvalue weighted by Crippen LogP contribution is -2.47. The van der Waals surface area contributed by atoms with Crippen LogP contribution in [0.3, 0.4) is 0 Å². The minimum atomic E-state index is -4.68. The van der Waals surface area contributed by atoms with Gasteiger partial charge in [-0.05, 0) is 51.0 Å². The van der Waals surface area contributed by atoms with Crippen LogP contribution >= 0.6 is 7.82 Å². The Balaban J connectivity index is 5.34. The maximum absolute atomic E-state index is 13.4. The van der Waals surface area contributed by atoms with Crippen LogP contribution in [-0.4, -0.2) is 69.4 Å². The molecular formula is C55H107N2O7P. The van der Waals surface area contributed by atoms with Crippen molar-refractivity contribution in [2.75, 3.05) is 40.9 Å². The van der Waals surface area contributed by atoms with E-state index >= 15 is 0 Å². The summed E-state index contributed by atoms with van der Waals surface area (Å²) in [5, 5.41) is 3.02. The summed E-state index contributed by atoms with van der Waals surface area (Å²) < 4.78 is 30.2. The molecule has 0 saturated carbocycles. The zero-order chi connectivity index (χ0) is 48.0. The summed E-state index contributed by atoms with van der Waals surface area (Å²) in [6.07, 6.45) is 51.4. The molecule has 0 saturated heterocycles. The molecule has 0 aromatic rings. The first-order chi connectivity index (χ1) is 31.4. The third kappa shape index (κ3) is 47.4. The smallest absolute Gasteiger partial charge is 0.306 e. The number of unbranched alkanes of at least 4 members (excludes halogenated alkanes) is 32. The van der Waals surface area contributed by atoms with Gasteiger partial charge in [0, 0.05) is 12.8 Å². The van der Waals surface area contributed by atoms with Gasteiger partial charge in [-0.3, -0.25) is 14.2 Å². The van der Waals surface area contributed by atoms with E-state index in [0.717, 1.165) is 83.5 Å². The molecule has 3 unspecified atom stereocenters. The molecule has 10 heteroatoms. The summed E-state index contributed by atoms with van der Waals surface area (Å²) in [6.45, 7) is 6.81. The fourth-order valence-electron chi connectivity index (χ4n) is 8.03. The Morgan fingerprint density at radius 3 is 1.35 bits per heavy atom. The van der Waals surface area contributed by atoms with Gasteiger partial charge in [0.1, 0.15) is 19.3 Å². The minimum absolute atomic E-state index is 0.0204. The summed E-state index contributed by atoms with van der Waals surface area (Å²) in [4.78, 5) is 39.7. The van der Waals surface area contributed by atoms with Gasteiger partial charge in [0.15, 0.2) is 0 Å². The molecule has 0 spiro atoms. The highest BCUT2D eigenvalue weighted by Crippen LogP contribution is 2.38. The van der Waals surface area contributed by atoms with Crippen LogP contribution in [0.15, 0.2) is 24.3 Å². The molecule has 0 aliphatic heterocycles. The third-order valence-corrected chi connectivity index (χ3v) is 13.3. The number of allylic oxidation sites excluding steroid dienone is 3. The first-order valence-corrected chi connectivity index (χ1v) is 29.1. The predicted octanol–water partition coefficient (Wildman–Crippen LogP) is 15.6. The van der Waals surface area contributed by atoms with E-state index < -0.39 is 20.0 Å². The fraction of sp³-hybridized carbons (Fsp3) is 0.891. The first-order valence-electron chi connectivity index (χ1n) is 27.6. The number of phosphoric acid groups is 1. The molecule has 9 nitrogen and oxygen atoms in total. The van der Waals surface area contributed by atoms with E-state index in [-0.39, 0.29) is 31.5 Å². The zero-order valence-corrected chi connectivity index (χ0v) is 44.6. The second kappa shape index (κ2) is 46.2.